The van der Waals surface area contributed by atoms with Gasteiger partial charge in [0.25, 0.3) is 0 Å². The van der Waals surface area contributed by atoms with Gasteiger partial charge in [-0.2, -0.15) is 0 Å². The lowest BCUT2D eigenvalue weighted by molar-refractivity contribution is -0.140. The molecule has 0 aliphatic rings. The second-order valence-electron chi connectivity index (χ2n) is 6.26. The molecular formula is C23H38O2. The number of carbonyl (C=O) groups is 1. The van der Waals surface area contributed by atoms with Crippen LogP contribution in [0.15, 0.2) is 48.6 Å². The monoisotopic (exact) mass is 346 g/mol. The maximum Gasteiger partial charge on any atom is 0.305 e. The minimum Gasteiger partial charge on any atom is -0.469 e. The number of carbonyl (C=O) groups excluding carboxylic acids is 1. The smallest absolute Gasteiger partial charge is 0.305 e. The van der Waals surface area contributed by atoms with Gasteiger partial charge in [-0.05, 0) is 51.4 Å². The molecule has 25 heavy (non-hydrogen) atoms. The number of unbranched alkanes of at least 4 members (excludes halogenated alkanes) is 6. The summed E-state index contributed by atoms with van der Waals surface area (Å²) in [6, 6.07) is 0. The van der Waals surface area contributed by atoms with Crippen LogP contribution in [0.25, 0.3) is 0 Å². The summed E-state index contributed by atoms with van der Waals surface area (Å²) in [6.45, 7) is 2.24. The van der Waals surface area contributed by atoms with Crippen molar-refractivity contribution in [3.63, 3.8) is 0 Å². The Morgan fingerprint density at radius 3 is 1.64 bits per heavy atom. The molecule has 0 rings (SSSR count). The largest absolute Gasteiger partial charge is 0.469 e. The van der Waals surface area contributed by atoms with Crippen LogP contribution in [-0.4, -0.2) is 13.1 Å². The molecule has 0 aliphatic heterocycles. The van der Waals surface area contributed by atoms with Crippen molar-refractivity contribution >= 4 is 5.97 Å². The lowest BCUT2D eigenvalue weighted by Crippen LogP contribution is -1.98. The minimum absolute atomic E-state index is 0.0993. The number of esters is 1. The molecule has 0 heterocycles. The van der Waals surface area contributed by atoms with Gasteiger partial charge in [-0.3, -0.25) is 4.79 Å². The third kappa shape index (κ3) is 20.4. The highest BCUT2D eigenvalue weighted by molar-refractivity contribution is 5.68. The molecule has 0 spiro atoms. The fraction of sp³-hybridized carbons (Fsp3) is 0.609. The zero-order valence-electron chi connectivity index (χ0n) is 16.4. The SMILES string of the molecule is CCCCC/C=C/C/C=C/C/C=C/C/C=C/CCCCCC(=O)OC. The van der Waals surface area contributed by atoms with E-state index in [1.54, 1.807) is 0 Å². The van der Waals surface area contributed by atoms with E-state index in [4.69, 9.17) is 0 Å². The van der Waals surface area contributed by atoms with Crippen molar-refractivity contribution in [2.45, 2.75) is 84.0 Å². The summed E-state index contributed by atoms with van der Waals surface area (Å²) in [5.74, 6) is -0.0993. The summed E-state index contributed by atoms with van der Waals surface area (Å²) in [5, 5.41) is 0. The highest BCUT2D eigenvalue weighted by Gasteiger charge is 1.97. The van der Waals surface area contributed by atoms with E-state index in [1.807, 2.05) is 0 Å². The second kappa shape index (κ2) is 20.5. The molecule has 0 saturated carbocycles. The Bertz CT molecular complexity index is 402. The summed E-state index contributed by atoms with van der Waals surface area (Å²) in [6.07, 6.45) is 31.0. The summed E-state index contributed by atoms with van der Waals surface area (Å²) in [4.78, 5) is 10.9. The Labute approximate surface area is 155 Å². The lowest BCUT2D eigenvalue weighted by atomic mass is 10.1. The quantitative estimate of drug-likeness (QED) is 0.169. The van der Waals surface area contributed by atoms with Gasteiger partial charge in [-0.25, -0.2) is 0 Å². The van der Waals surface area contributed by atoms with Gasteiger partial charge in [-0.15, -0.1) is 0 Å². The highest BCUT2D eigenvalue weighted by Crippen LogP contribution is 2.05. The standard InChI is InChI=1S/C23H38O2/c1-3-4-5-6-7-8-9-10-11-12-13-14-15-16-17-18-19-20-21-22-23(24)25-2/h7-8,10-11,13-14,16-17H,3-6,9,12,15,18-22H2,1-2H3/b8-7+,11-10+,14-13+,17-16+. The van der Waals surface area contributed by atoms with Crippen LogP contribution in [-0.2, 0) is 9.53 Å². The van der Waals surface area contributed by atoms with Crippen LogP contribution in [0, 0.1) is 0 Å². The maximum absolute atomic E-state index is 10.9. The average molecular weight is 347 g/mol. The highest BCUT2D eigenvalue weighted by atomic mass is 16.5. The Morgan fingerprint density at radius 1 is 0.680 bits per heavy atom. The van der Waals surface area contributed by atoms with Gasteiger partial charge in [-0.1, -0.05) is 74.8 Å². The van der Waals surface area contributed by atoms with Crippen LogP contribution in [0.2, 0.25) is 0 Å². The molecular weight excluding hydrogens is 308 g/mol. The van der Waals surface area contributed by atoms with Crippen molar-refractivity contribution in [2.75, 3.05) is 7.11 Å². The number of methoxy groups -OCH3 is 1. The van der Waals surface area contributed by atoms with Gasteiger partial charge in [0.05, 0.1) is 7.11 Å². The van der Waals surface area contributed by atoms with E-state index >= 15 is 0 Å². The molecule has 2 nitrogen and oxygen atoms in total. The van der Waals surface area contributed by atoms with Crippen LogP contribution < -0.4 is 0 Å². The molecule has 0 atom stereocenters. The maximum atomic E-state index is 10.9. The number of rotatable bonds is 16. The number of allylic oxidation sites excluding steroid dienone is 8. The molecule has 0 aromatic carbocycles. The zero-order valence-corrected chi connectivity index (χ0v) is 16.4. The molecule has 0 aliphatic carbocycles. The molecule has 0 unspecified atom stereocenters. The Hall–Kier alpha value is -1.57. The van der Waals surface area contributed by atoms with E-state index < -0.39 is 0 Å². The van der Waals surface area contributed by atoms with Crippen molar-refractivity contribution in [3.8, 4) is 0 Å². The van der Waals surface area contributed by atoms with Gasteiger partial charge < -0.3 is 4.74 Å². The molecule has 2 heteroatoms. The van der Waals surface area contributed by atoms with Crippen LogP contribution in [0.3, 0.4) is 0 Å². The Morgan fingerprint density at radius 2 is 1.16 bits per heavy atom. The van der Waals surface area contributed by atoms with Crippen molar-refractivity contribution in [1.29, 1.82) is 0 Å². The van der Waals surface area contributed by atoms with E-state index in [1.165, 1.54) is 32.8 Å². The molecule has 0 N–H and O–H groups in total. The van der Waals surface area contributed by atoms with Crippen molar-refractivity contribution in [2.24, 2.45) is 0 Å². The summed E-state index contributed by atoms with van der Waals surface area (Å²) in [5.41, 5.74) is 0. The van der Waals surface area contributed by atoms with Crippen LogP contribution >= 0.6 is 0 Å². The molecule has 142 valence electrons. The molecule has 0 radical (unpaired) electrons. The first-order valence-electron chi connectivity index (χ1n) is 9.98. The molecule has 0 aromatic rings. The van der Waals surface area contributed by atoms with Gasteiger partial charge in [0.1, 0.15) is 0 Å². The number of ether oxygens (including phenoxy) is 1. The Kier molecular flexibility index (Phi) is 19.2. The van der Waals surface area contributed by atoms with E-state index in [0.29, 0.717) is 6.42 Å². The van der Waals surface area contributed by atoms with Crippen LogP contribution in [0.1, 0.15) is 84.0 Å². The first-order chi connectivity index (χ1) is 12.3. The van der Waals surface area contributed by atoms with Crippen molar-refractivity contribution in [3.05, 3.63) is 48.6 Å². The van der Waals surface area contributed by atoms with Gasteiger partial charge in [0.2, 0.25) is 0 Å². The van der Waals surface area contributed by atoms with Gasteiger partial charge >= 0.3 is 5.97 Å². The van der Waals surface area contributed by atoms with Gasteiger partial charge in [0.15, 0.2) is 0 Å². The fourth-order valence-electron chi connectivity index (χ4n) is 2.37. The van der Waals surface area contributed by atoms with E-state index in [0.717, 1.165) is 44.9 Å². The minimum atomic E-state index is -0.0993. The van der Waals surface area contributed by atoms with Crippen molar-refractivity contribution < 1.29 is 9.53 Å². The van der Waals surface area contributed by atoms with E-state index in [2.05, 4.69) is 60.3 Å². The zero-order chi connectivity index (χ0) is 18.4. The molecule has 0 saturated heterocycles. The first-order valence-corrected chi connectivity index (χ1v) is 9.98. The topological polar surface area (TPSA) is 26.3 Å². The third-order valence-electron chi connectivity index (χ3n) is 3.94. The fourth-order valence-corrected chi connectivity index (χ4v) is 2.37. The predicted molar refractivity (Wildman–Crippen MR) is 110 cm³/mol. The van der Waals surface area contributed by atoms with E-state index in [-0.39, 0.29) is 5.97 Å². The summed E-state index contributed by atoms with van der Waals surface area (Å²) < 4.78 is 4.62. The van der Waals surface area contributed by atoms with Crippen LogP contribution in [0.5, 0.6) is 0 Å². The normalized spacial score (nSPS) is 12.2. The summed E-state index contributed by atoms with van der Waals surface area (Å²) in [7, 11) is 1.45. The van der Waals surface area contributed by atoms with Gasteiger partial charge in [0, 0.05) is 6.42 Å². The van der Waals surface area contributed by atoms with Crippen LogP contribution in [0.4, 0.5) is 0 Å². The number of hydrogen-bond acceptors (Lipinski definition) is 2. The molecule has 0 fully saturated rings. The first kappa shape index (κ1) is 23.4. The number of hydrogen-bond donors (Lipinski definition) is 0. The Balaban J connectivity index is 3.39. The molecule has 0 bridgehead atoms. The lowest BCUT2D eigenvalue weighted by Gasteiger charge is -1.98. The average Bonchev–Trinajstić information content (AvgIpc) is 2.63. The third-order valence-corrected chi connectivity index (χ3v) is 3.94. The second-order valence-corrected chi connectivity index (χ2v) is 6.26. The molecule has 0 aromatic heterocycles. The predicted octanol–water partition coefficient (Wildman–Crippen LogP) is 7.09. The summed E-state index contributed by atoms with van der Waals surface area (Å²) >= 11 is 0. The van der Waals surface area contributed by atoms with Crippen molar-refractivity contribution in [1.82, 2.24) is 0 Å². The molecule has 0 amide bonds. The van der Waals surface area contributed by atoms with E-state index in [9.17, 15) is 4.79 Å².